The van der Waals surface area contributed by atoms with Gasteiger partial charge in [-0.15, -0.1) is 0 Å². The van der Waals surface area contributed by atoms with Gasteiger partial charge in [-0.05, 0) is 17.8 Å². The molecule has 0 aromatic carbocycles. The average Bonchev–Trinajstić information content (AvgIpc) is 2.84. The highest BCUT2D eigenvalue weighted by molar-refractivity contribution is 6.11. The second kappa shape index (κ2) is 1.45. The molecule has 3 unspecified atom stereocenters. The van der Waals surface area contributed by atoms with Gasteiger partial charge in [-0.3, -0.25) is 14.5 Å². The second-order valence-corrected chi connectivity index (χ2v) is 4.41. The summed E-state index contributed by atoms with van der Waals surface area (Å²) in [5.74, 6) is 0.882. The van der Waals surface area contributed by atoms with Crippen LogP contribution >= 0.6 is 0 Å². The van der Waals surface area contributed by atoms with Crippen molar-refractivity contribution in [2.75, 3.05) is 7.05 Å². The smallest absolute Gasteiger partial charge is 0.233 e. The summed E-state index contributed by atoms with van der Waals surface area (Å²) < 4.78 is 0. The Bertz CT molecular complexity index is 288. The highest BCUT2D eigenvalue weighted by atomic mass is 16.2. The minimum absolute atomic E-state index is 0.0642. The van der Waals surface area contributed by atoms with Crippen molar-refractivity contribution in [3.63, 3.8) is 0 Å². The molecule has 3 atom stereocenters. The van der Waals surface area contributed by atoms with Crippen molar-refractivity contribution in [3.05, 3.63) is 0 Å². The quantitative estimate of drug-likeness (QED) is 0.483. The molecule has 1 saturated heterocycles. The molecule has 1 heterocycles. The van der Waals surface area contributed by atoms with E-state index in [-0.39, 0.29) is 29.1 Å². The van der Waals surface area contributed by atoms with E-state index in [1.165, 1.54) is 4.90 Å². The van der Waals surface area contributed by atoms with Gasteiger partial charge in [0.1, 0.15) is 0 Å². The van der Waals surface area contributed by atoms with Gasteiger partial charge in [0.25, 0.3) is 0 Å². The molecule has 2 aliphatic carbocycles. The van der Waals surface area contributed by atoms with E-state index in [2.05, 4.69) is 6.92 Å². The molecule has 64 valence electrons. The number of imide groups is 1. The van der Waals surface area contributed by atoms with Crippen LogP contribution in [0.1, 0.15) is 13.3 Å². The third kappa shape index (κ3) is 0.416. The van der Waals surface area contributed by atoms with E-state index in [1.54, 1.807) is 7.05 Å². The fourth-order valence-electron chi connectivity index (χ4n) is 3.07. The third-order valence-corrected chi connectivity index (χ3v) is 3.99. The first-order valence-corrected chi connectivity index (χ1v) is 4.42. The van der Waals surface area contributed by atoms with Crippen LogP contribution in [0.3, 0.4) is 0 Å². The first-order chi connectivity index (χ1) is 5.60. The molecule has 0 bridgehead atoms. The van der Waals surface area contributed by atoms with Gasteiger partial charge >= 0.3 is 0 Å². The summed E-state index contributed by atoms with van der Waals surface area (Å²) in [4.78, 5) is 24.2. The van der Waals surface area contributed by atoms with E-state index in [1.807, 2.05) is 0 Å². The minimum atomic E-state index is 0.0642. The Hall–Kier alpha value is -0.860. The number of carbonyl (C=O) groups is 2. The highest BCUT2D eigenvalue weighted by Gasteiger charge is 2.84. The summed E-state index contributed by atoms with van der Waals surface area (Å²) in [5, 5.41) is 0. The van der Waals surface area contributed by atoms with Gasteiger partial charge in [-0.25, -0.2) is 0 Å². The second-order valence-electron chi connectivity index (χ2n) is 4.41. The van der Waals surface area contributed by atoms with Crippen LogP contribution in [0.25, 0.3) is 0 Å². The summed E-state index contributed by atoms with van der Waals surface area (Å²) in [5.41, 5.74) is 0.153. The van der Waals surface area contributed by atoms with Crippen molar-refractivity contribution in [2.45, 2.75) is 13.3 Å². The van der Waals surface area contributed by atoms with Crippen LogP contribution in [0, 0.1) is 23.2 Å². The summed E-state index contributed by atoms with van der Waals surface area (Å²) >= 11 is 0. The monoisotopic (exact) mass is 165 g/mol. The lowest BCUT2D eigenvalue weighted by atomic mass is 10.2. The van der Waals surface area contributed by atoms with E-state index >= 15 is 0 Å². The Morgan fingerprint density at radius 3 is 2.08 bits per heavy atom. The molecule has 0 aromatic heterocycles. The summed E-state index contributed by atoms with van der Waals surface area (Å²) in [7, 11) is 1.59. The topological polar surface area (TPSA) is 37.4 Å². The van der Waals surface area contributed by atoms with Gasteiger partial charge in [0.05, 0.1) is 11.8 Å². The normalized spacial score (nSPS) is 54.8. The van der Waals surface area contributed by atoms with Crippen LogP contribution < -0.4 is 0 Å². The number of hydrogen-bond acceptors (Lipinski definition) is 2. The van der Waals surface area contributed by atoms with Gasteiger partial charge < -0.3 is 0 Å². The molecule has 3 rings (SSSR count). The van der Waals surface area contributed by atoms with Gasteiger partial charge in [-0.2, -0.15) is 0 Å². The van der Waals surface area contributed by atoms with E-state index in [0.717, 1.165) is 6.42 Å². The van der Waals surface area contributed by atoms with E-state index in [4.69, 9.17) is 0 Å². The molecule has 0 aromatic rings. The van der Waals surface area contributed by atoms with Crippen molar-refractivity contribution in [1.29, 1.82) is 0 Å². The van der Waals surface area contributed by atoms with Crippen LogP contribution in [0.15, 0.2) is 0 Å². The fraction of sp³-hybridized carbons (Fsp3) is 0.778. The zero-order valence-electron chi connectivity index (χ0n) is 7.20. The number of carbonyl (C=O) groups excluding carboxylic acids is 2. The highest BCUT2D eigenvalue weighted by Crippen LogP contribution is 2.80. The van der Waals surface area contributed by atoms with Gasteiger partial charge in [-0.1, -0.05) is 6.92 Å². The van der Waals surface area contributed by atoms with Crippen LogP contribution in [0.5, 0.6) is 0 Å². The standard InChI is InChI=1S/C9H11NO2/c1-4-3-9(4)5-6(9)8(12)10(2)7(5)11/h4-6H,3H2,1-2H3. The Kier molecular flexibility index (Phi) is 0.804. The molecule has 3 fully saturated rings. The minimum Gasteiger partial charge on any atom is -0.285 e. The lowest BCUT2D eigenvalue weighted by molar-refractivity contribution is -0.140. The van der Waals surface area contributed by atoms with Crippen molar-refractivity contribution in [3.8, 4) is 0 Å². The van der Waals surface area contributed by atoms with E-state index in [9.17, 15) is 9.59 Å². The molecule has 1 aliphatic heterocycles. The number of piperidine rings is 1. The largest absolute Gasteiger partial charge is 0.285 e. The lowest BCUT2D eigenvalue weighted by Crippen LogP contribution is -2.31. The molecule has 3 heteroatoms. The van der Waals surface area contributed by atoms with Crippen molar-refractivity contribution >= 4 is 11.8 Å². The van der Waals surface area contributed by atoms with Crippen LogP contribution in [-0.2, 0) is 9.59 Å². The van der Waals surface area contributed by atoms with Gasteiger partial charge in [0.2, 0.25) is 11.8 Å². The maximum atomic E-state index is 11.5. The maximum Gasteiger partial charge on any atom is 0.233 e. The summed E-state index contributed by atoms with van der Waals surface area (Å²) in [6, 6.07) is 0. The number of amides is 2. The maximum absolute atomic E-state index is 11.5. The first kappa shape index (κ1) is 6.63. The zero-order chi connectivity index (χ0) is 8.67. The Morgan fingerprint density at radius 1 is 1.33 bits per heavy atom. The predicted molar refractivity (Wildman–Crippen MR) is 41.0 cm³/mol. The van der Waals surface area contributed by atoms with Gasteiger partial charge in [0.15, 0.2) is 0 Å². The lowest BCUT2D eigenvalue weighted by Gasteiger charge is -2.10. The number of fused-ring (bicyclic) bond motifs is 3. The average molecular weight is 165 g/mol. The van der Waals surface area contributed by atoms with Crippen LogP contribution in [-0.4, -0.2) is 23.8 Å². The molecular formula is C9H11NO2. The Labute approximate surface area is 70.7 Å². The van der Waals surface area contributed by atoms with E-state index in [0.29, 0.717) is 5.92 Å². The molecule has 3 nitrogen and oxygen atoms in total. The van der Waals surface area contributed by atoms with E-state index < -0.39 is 0 Å². The summed E-state index contributed by atoms with van der Waals surface area (Å²) in [6.45, 7) is 2.14. The summed E-state index contributed by atoms with van der Waals surface area (Å²) in [6.07, 6.45) is 1.09. The molecule has 2 amide bonds. The third-order valence-electron chi connectivity index (χ3n) is 3.99. The van der Waals surface area contributed by atoms with Crippen LogP contribution in [0.4, 0.5) is 0 Å². The number of nitrogens with zero attached hydrogens (tertiary/aromatic N) is 1. The molecule has 3 aliphatic rings. The predicted octanol–water partition coefficient (Wildman–Crippen LogP) is 0.257. The van der Waals surface area contributed by atoms with Crippen LogP contribution in [0.2, 0.25) is 0 Å². The first-order valence-electron chi connectivity index (χ1n) is 4.42. The van der Waals surface area contributed by atoms with Crippen molar-refractivity contribution in [2.24, 2.45) is 23.2 Å². The SMILES string of the molecule is CC1CC12C1C(=O)N(C)C(=O)C12. The molecule has 0 N–H and O–H groups in total. The number of likely N-dealkylation sites (tertiary alicyclic amines) is 1. The van der Waals surface area contributed by atoms with Crippen molar-refractivity contribution in [1.82, 2.24) is 4.90 Å². The molecule has 1 spiro atoms. The van der Waals surface area contributed by atoms with Gasteiger partial charge in [0, 0.05) is 7.05 Å². The molecule has 2 saturated carbocycles. The molecule has 12 heavy (non-hydrogen) atoms. The Morgan fingerprint density at radius 2 is 1.75 bits per heavy atom. The number of hydrogen-bond donors (Lipinski definition) is 0. The number of rotatable bonds is 0. The molecule has 0 radical (unpaired) electrons. The molecular weight excluding hydrogens is 154 g/mol. The zero-order valence-corrected chi connectivity index (χ0v) is 7.20. The Balaban J connectivity index is 1.98. The fourth-order valence-corrected chi connectivity index (χ4v) is 3.07. The van der Waals surface area contributed by atoms with Crippen molar-refractivity contribution < 1.29 is 9.59 Å².